The molecule has 1 amide bonds. The van der Waals surface area contributed by atoms with E-state index in [0.717, 1.165) is 50.4 Å². The second kappa shape index (κ2) is 8.69. The summed E-state index contributed by atoms with van der Waals surface area (Å²) in [5.41, 5.74) is 5.65. The number of benzene rings is 3. The topological polar surface area (TPSA) is 59.3 Å². The van der Waals surface area contributed by atoms with E-state index >= 15 is 0 Å². The summed E-state index contributed by atoms with van der Waals surface area (Å²) >= 11 is 1.14. The number of hydrogen-bond donors (Lipinski definition) is 1. The van der Waals surface area contributed by atoms with E-state index in [4.69, 9.17) is 5.10 Å². The predicted octanol–water partition coefficient (Wildman–Crippen LogP) is 6.38. The van der Waals surface area contributed by atoms with Gasteiger partial charge in [0.15, 0.2) is 0 Å². The van der Waals surface area contributed by atoms with Gasteiger partial charge in [0.25, 0.3) is 5.24 Å². The predicted molar refractivity (Wildman–Crippen MR) is 131 cm³/mol. The lowest BCUT2D eigenvalue weighted by atomic mass is 10.1. The smallest absolute Gasteiger partial charge is 0.289 e. The lowest BCUT2D eigenvalue weighted by Gasteiger charge is -2.02. The number of rotatable bonds is 4. The molecule has 0 atom stereocenters. The van der Waals surface area contributed by atoms with Crippen molar-refractivity contribution >= 4 is 34.6 Å². The van der Waals surface area contributed by atoms with Crippen LogP contribution in [-0.4, -0.2) is 20.9 Å². The summed E-state index contributed by atoms with van der Waals surface area (Å²) in [5, 5.41) is 7.58. The monoisotopic (exact) mass is 436 g/mol. The molecule has 1 aromatic heterocycles. The SMILES string of the molecule is Cc1cccc(N=C2NC(=O)SC2=Cc2cn(-c3ccccc3)nc2-c2ccccc2)c1. The van der Waals surface area contributed by atoms with E-state index in [9.17, 15) is 4.79 Å². The van der Waals surface area contributed by atoms with Crippen LogP contribution < -0.4 is 5.32 Å². The Hall–Kier alpha value is -3.90. The minimum absolute atomic E-state index is 0.139. The molecule has 1 fully saturated rings. The Morgan fingerprint density at radius 2 is 1.72 bits per heavy atom. The first-order valence-electron chi connectivity index (χ1n) is 10.2. The van der Waals surface area contributed by atoms with E-state index in [2.05, 4.69) is 10.3 Å². The third kappa shape index (κ3) is 4.26. The second-order valence-electron chi connectivity index (χ2n) is 7.40. The molecule has 0 bridgehead atoms. The molecule has 6 heteroatoms. The average molecular weight is 437 g/mol. The van der Waals surface area contributed by atoms with Crippen molar-refractivity contribution in [2.45, 2.75) is 6.92 Å². The van der Waals surface area contributed by atoms with Gasteiger partial charge in [-0.05, 0) is 54.6 Å². The second-order valence-corrected chi connectivity index (χ2v) is 8.42. The number of aromatic nitrogens is 2. The lowest BCUT2D eigenvalue weighted by Crippen LogP contribution is -2.18. The van der Waals surface area contributed by atoms with Gasteiger partial charge < -0.3 is 5.32 Å². The largest absolute Gasteiger partial charge is 0.300 e. The molecule has 5 nitrogen and oxygen atoms in total. The van der Waals surface area contributed by atoms with Crippen molar-refractivity contribution in [1.82, 2.24) is 15.1 Å². The number of thioether (sulfide) groups is 1. The maximum absolute atomic E-state index is 12.2. The van der Waals surface area contributed by atoms with E-state index in [1.54, 1.807) is 0 Å². The van der Waals surface area contributed by atoms with Crippen LogP contribution in [0.2, 0.25) is 0 Å². The zero-order valence-electron chi connectivity index (χ0n) is 17.4. The van der Waals surface area contributed by atoms with Crippen LogP contribution in [-0.2, 0) is 0 Å². The number of carbonyl (C=O) groups is 1. The van der Waals surface area contributed by atoms with Gasteiger partial charge in [0.1, 0.15) is 5.84 Å². The molecule has 0 unspecified atom stereocenters. The number of aliphatic imine (C=N–C) groups is 1. The van der Waals surface area contributed by atoms with Crippen LogP contribution in [0.15, 0.2) is 101 Å². The maximum atomic E-state index is 12.2. The molecule has 0 spiro atoms. The van der Waals surface area contributed by atoms with Crippen molar-refractivity contribution in [3.8, 4) is 16.9 Å². The number of nitrogens with one attached hydrogen (secondary N) is 1. The Balaban J connectivity index is 1.61. The average Bonchev–Trinajstić information content (AvgIpc) is 3.38. The third-order valence-corrected chi connectivity index (χ3v) is 5.81. The number of nitrogens with zero attached hydrogens (tertiary/aromatic N) is 3. The van der Waals surface area contributed by atoms with Gasteiger partial charge in [-0.15, -0.1) is 0 Å². The number of para-hydroxylation sites is 1. The molecular formula is C26H20N4OS. The molecule has 3 aromatic carbocycles. The van der Waals surface area contributed by atoms with E-state index in [0.29, 0.717) is 5.84 Å². The highest BCUT2D eigenvalue weighted by Gasteiger charge is 2.24. The summed E-state index contributed by atoms with van der Waals surface area (Å²) in [6.45, 7) is 2.02. The van der Waals surface area contributed by atoms with Gasteiger partial charge in [-0.3, -0.25) is 4.79 Å². The summed E-state index contributed by atoms with van der Waals surface area (Å²) in [7, 11) is 0. The maximum Gasteiger partial charge on any atom is 0.289 e. The van der Waals surface area contributed by atoms with E-state index in [1.807, 2.05) is 109 Å². The Morgan fingerprint density at radius 1 is 0.969 bits per heavy atom. The fourth-order valence-corrected chi connectivity index (χ4v) is 4.23. The van der Waals surface area contributed by atoms with E-state index in [-0.39, 0.29) is 5.24 Å². The Kier molecular flexibility index (Phi) is 5.44. The van der Waals surface area contributed by atoms with Crippen LogP contribution in [0.4, 0.5) is 10.5 Å². The molecule has 2 heterocycles. The molecule has 1 aliphatic heterocycles. The fourth-order valence-electron chi connectivity index (χ4n) is 3.51. The van der Waals surface area contributed by atoms with Crippen LogP contribution in [0.3, 0.4) is 0 Å². The lowest BCUT2D eigenvalue weighted by molar-refractivity contribution is 0.265. The van der Waals surface area contributed by atoms with Crippen molar-refractivity contribution in [2.24, 2.45) is 4.99 Å². The molecule has 156 valence electrons. The van der Waals surface area contributed by atoms with E-state index < -0.39 is 0 Å². The van der Waals surface area contributed by atoms with Crippen molar-refractivity contribution in [3.63, 3.8) is 0 Å². The quantitative estimate of drug-likeness (QED) is 0.404. The first-order chi connectivity index (χ1) is 15.7. The van der Waals surface area contributed by atoms with Gasteiger partial charge in [-0.1, -0.05) is 60.7 Å². The van der Waals surface area contributed by atoms with Crippen molar-refractivity contribution in [3.05, 3.63) is 107 Å². The van der Waals surface area contributed by atoms with Gasteiger partial charge in [0.2, 0.25) is 0 Å². The highest BCUT2D eigenvalue weighted by molar-refractivity contribution is 8.18. The van der Waals surface area contributed by atoms with Crippen molar-refractivity contribution < 1.29 is 4.79 Å². The highest BCUT2D eigenvalue weighted by Crippen LogP contribution is 2.32. The zero-order valence-corrected chi connectivity index (χ0v) is 18.2. The molecule has 32 heavy (non-hydrogen) atoms. The molecule has 5 rings (SSSR count). The molecular weight excluding hydrogens is 416 g/mol. The first-order valence-corrected chi connectivity index (χ1v) is 11.0. The van der Waals surface area contributed by atoms with Crippen molar-refractivity contribution in [1.29, 1.82) is 0 Å². The van der Waals surface area contributed by atoms with Crippen LogP contribution in [0.1, 0.15) is 11.1 Å². The summed E-state index contributed by atoms with van der Waals surface area (Å²) in [5.74, 6) is 0.553. The first kappa shape index (κ1) is 20.0. The molecule has 1 aliphatic rings. The molecule has 0 saturated carbocycles. The van der Waals surface area contributed by atoms with Crippen molar-refractivity contribution in [2.75, 3.05) is 0 Å². The standard InChI is InChI=1S/C26H20N4OS/c1-18-9-8-12-21(15-18)27-25-23(32-26(31)28-25)16-20-17-30(22-13-6-3-7-14-22)29-24(20)19-10-4-2-5-11-19/h2-17H,1H3,(H,27,28,31). The number of aryl methyl sites for hydroxylation is 1. The Morgan fingerprint density at radius 3 is 2.47 bits per heavy atom. The summed E-state index contributed by atoms with van der Waals surface area (Å²) in [6.07, 6.45) is 3.96. The Bertz CT molecular complexity index is 1340. The number of amidine groups is 1. The highest BCUT2D eigenvalue weighted by atomic mass is 32.2. The van der Waals surface area contributed by atoms with Gasteiger partial charge in [-0.25, -0.2) is 9.67 Å². The molecule has 4 aromatic rings. The summed E-state index contributed by atoms with van der Waals surface area (Å²) in [4.78, 5) is 17.6. The minimum Gasteiger partial charge on any atom is -0.300 e. The molecule has 0 aliphatic carbocycles. The van der Waals surface area contributed by atoms with Gasteiger partial charge in [0, 0.05) is 17.3 Å². The summed E-state index contributed by atoms with van der Waals surface area (Å²) in [6, 6.07) is 27.9. The summed E-state index contributed by atoms with van der Waals surface area (Å²) < 4.78 is 1.86. The molecule has 1 saturated heterocycles. The van der Waals surface area contributed by atoms with Crippen LogP contribution in [0, 0.1) is 6.92 Å². The van der Waals surface area contributed by atoms with Crippen LogP contribution in [0.25, 0.3) is 23.0 Å². The van der Waals surface area contributed by atoms with Gasteiger partial charge >= 0.3 is 0 Å². The van der Waals surface area contributed by atoms with E-state index in [1.165, 1.54) is 0 Å². The molecule has 1 N–H and O–H groups in total. The van der Waals surface area contributed by atoms with Crippen LogP contribution >= 0.6 is 11.8 Å². The number of amides is 1. The van der Waals surface area contributed by atoms with Crippen LogP contribution in [0.5, 0.6) is 0 Å². The normalized spacial score (nSPS) is 16.0. The minimum atomic E-state index is -0.139. The fraction of sp³-hybridized carbons (Fsp3) is 0.0385. The van der Waals surface area contributed by atoms with Gasteiger partial charge in [0.05, 0.1) is 22.0 Å². The molecule has 0 radical (unpaired) electrons. The number of carbonyl (C=O) groups excluding carboxylic acids is 1. The van der Waals surface area contributed by atoms with Gasteiger partial charge in [-0.2, -0.15) is 5.10 Å². The number of hydrogen-bond acceptors (Lipinski definition) is 4. The zero-order chi connectivity index (χ0) is 21.9. The Labute approximate surface area is 190 Å². The third-order valence-electron chi connectivity index (χ3n) is 5.00.